The van der Waals surface area contributed by atoms with E-state index in [-0.39, 0.29) is 12.2 Å². The molecule has 0 saturated heterocycles. The standard InChI is InChI=1S/C18H28N2O6/c1-5-9-23-12-16(21)19-20-18(22)13-10-14(24-6-2)17(26-8-4)15(11-13)25-7-3/h10-11H,5-9,12H2,1-4H3,(H,19,21)(H,20,22). The Kier molecular flexibility index (Phi) is 9.93. The van der Waals surface area contributed by atoms with E-state index in [0.717, 1.165) is 6.42 Å². The van der Waals surface area contributed by atoms with Crippen molar-refractivity contribution in [1.82, 2.24) is 10.9 Å². The van der Waals surface area contributed by atoms with Crippen LogP contribution in [0.2, 0.25) is 0 Å². The van der Waals surface area contributed by atoms with Crippen LogP contribution in [0.4, 0.5) is 0 Å². The molecule has 0 unspecified atom stereocenters. The Labute approximate surface area is 154 Å². The lowest BCUT2D eigenvalue weighted by atomic mass is 10.1. The van der Waals surface area contributed by atoms with Crippen molar-refractivity contribution < 1.29 is 28.5 Å². The van der Waals surface area contributed by atoms with Gasteiger partial charge in [-0.2, -0.15) is 0 Å². The van der Waals surface area contributed by atoms with Crippen molar-refractivity contribution in [2.45, 2.75) is 34.1 Å². The van der Waals surface area contributed by atoms with Gasteiger partial charge in [-0.25, -0.2) is 0 Å². The molecule has 26 heavy (non-hydrogen) atoms. The van der Waals surface area contributed by atoms with Gasteiger partial charge in [-0.3, -0.25) is 20.4 Å². The lowest BCUT2D eigenvalue weighted by molar-refractivity contribution is -0.126. The van der Waals surface area contributed by atoms with Gasteiger partial charge >= 0.3 is 0 Å². The van der Waals surface area contributed by atoms with Crippen LogP contribution < -0.4 is 25.1 Å². The van der Waals surface area contributed by atoms with Gasteiger partial charge in [0, 0.05) is 12.2 Å². The van der Waals surface area contributed by atoms with E-state index < -0.39 is 11.8 Å². The van der Waals surface area contributed by atoms with Gasteiger partial charge in [-0.05, 0) is 39.3 Å². The third-order valence-electron chi connectivity index (χ3n) is 3.07. The second kappa shape index (κ2) is 12.0. The van der Waals surface area contributed by atoms with E-state index >= 15 is 0 Å². The van der Waals surface area contributed by atoms with Crippen molar-refractivity contribution in [3.8, 4) is 17.2 Å². The molecular formula is C18H28N2O6. The predicted octanol–water partition coefficient (Wildman–Crippen LogP) is 2.07. The van der Waals surface area contributed by atoms with Crippen molar-refractivity contribution in [1.29, 1.82) is 0 Å². The second-order valence-electron chi connectivity index (χ2n) is 5.16. The minimum Gasteiger partial charge on any atom is -0.490 e. The lowest BCUT2D eigenvalue weighted by Gasteiger charge is -2.17. The predicted molar refractivity (Wildman–Crippen MR) is 96.7 cm³/mol. The van der Waals surface area contributed by atoms with E-state index in [4.69, 9.17) is 18.9 Å². The summed E-state index contributed by atoms with van der Waals surface area (Å²) in [4.78, 5) is 24.0. The molecular weight excluding hydrogens is 340 g/mol. The van der Waals surface area contributed by atoms with E-state index in [9.17, 15) is 9.59 Å². The highest BCUT2D eigenvalue weighted by Gasteiger charge is 2.18. The molecule has 2 amide bonds. The maximum atomic E-state index is 12.3. The molecule has 0 aliphatic carbocycles. The van der Waals surface area contributed by atoms with E-state index in [0.29, 0.717) is 43.7 Å². The fourth-order valence-corrected chi connectivity index (χ4v) is 2.06. The van der Waals surface area contributed by atoms with Crippen molar-refractivity contribution in [3.05, 3.63) is 17.7 Å². The Morgan fingerprint density at radius 1 is 0.885 bits per heavy atom. The summed E-state index contributed by atoms with van der Waals surface area (Å²) in [7, 11) is 0. The summed E-state index contributed by atoms with van der Waals surface area (Å²) in [5, 5.41) is 0. The Balaban J connectivity index is 2.89. The zero-order valence-electron chi connectivity index (χ0n) is 15.8. The van der Waals surface area contributed by atoms with Crippen LogP contribution in [0.3, 0.4) is 0 Å². The van der Waals surface area contributed by atoms with Crippen LogP contribution in [0, 0.1) is 0 Å². The molecule has 0 aromatic heterocycles. The smallest absolute Gasteiger partial charge is 0.269 e. The normalized spacial score (nSPS) is 10.2. The SMILES string of the molecule is CCCOCC(=O)NNC(=O)c1cc(OCC)c(OCC)c(OCC)c1. The highest BCUT2D eigenvalue weighted by atomic mass is 16.5. The first-order chi connectivity index (χ1) is 12.6. The maximum absolute atomic E-state index is 12.3. The molecule has 1 aromatic rings. The fraction of sp³-hybridized carbons (Fsp3) is 0.556. The number of hydrogen-bond donors (Lipinski definition) is 2. The minimum absolute atomic E-state index is 0.119. The van der Waals surface area contributed by atoms with Crippen LogP contribution in [0.25, 0.3) is 0 Å². The van der Waals surface area contributed by atoms with Crippen LogP contribution in [0.5, 0.6) is 17.2 Å². The molecule has 8 nitrogen and oxygen atoms in total. The Morgan fingerprint density at radius 2 is 1.46 bits per heavy atom. The van der Waals surface area contributed by atoms with Gasteiger partial charge in [0.05, 0.1) is 19.8 Å². The Hall–Kier alpha value is -2.48. The molecule has 0 radical (unpaired) electrons. The van der Waals surface area contributed by atoms with Gasteiger partial charge in [0.1, 0.15) is 6.61 Å². The van der Waals surface area contributed by atoms with Gasteiger partial charge in [0.25, 0.3) is 11.8 Å². The average Bonchev–Trinajstić information content (AvgIpc) is 2.62. The molecule has 1 rings (SSSR count). The van der Waals surface area contributed by atoms with Crippen molar-refractivity contribution >= 4 is 11.8 Å². The van der Waals surface area contributed by atoms with E-state index in [1.54, 1.807) is 12.1 Å². The molecule has 146 valence electrons. The Bertz CT molecular complexity index is 564. The monoisotopic (exact) mass is 368 g/mol. The van der Waals surface area contributed by atoms with Gasteiger partial charge in [0.15, 0.2) is 11.5 Å². The molecule has 0 bridgehead atoms. The summed E-state index contributed by atoms with van der Waals surface area (Å²) in [6.45, 7) is 9.06. The second-order valence-corrected chi connectivity index (χ2v) is 5.16. The summed E-state index contributed by atoms with van der Waals surface area (Å²) < 4.78 is 21.8. The number of ether oxygens (including phenoxy) is 4. The maximum Gasteiger partial charge on any atom is 0.269 e. The van der Waals surface area contributed by atoms with Crippen molar-refractivity contribution in [2.75, 3.05) is 33.0 Å². The molecule has 1 aromatic carbocycles. The van der Waals surface area contributed by atoms with Crippen molar-refractivity contribution in [2.24, 2.45) is 0 Å². The third kappa shape index (κ3) is 6.79. The molecule has 8 heteroatoms. The molecule has 0 heterocycles. The summed E-state index contributed by atoms with van der Waals surface area (Å²) >= 11 is 0. The zero-order chi connectivity index (χ0) is 19.4. The number of rotatable bonds is 11. The summed E-state index contributed by atoms with van der Waals surface area (Å²) in [6, 6.07) is 3.10. The number of hydrogen-bond acceptors (Lipinski definition) is 6. The largest absolute Gasteiger partial charge is 0.490 e. The van der Waals surface area contributed by atoms with Crippen LogP contribution in [0.1, 0.15) is 44.5 Å². The number of hydrazine groups is 1. The lowest BCUT2D eigenvalue weighted by Crippen LogP contribution is -2.43. The topological polar surface area (TPSA) is 95.1 Å². The first-order valence-electron chi connectivity index (χ1n) is 8.80. The molecule has 2 N–H and O–H groups in total. The summed E-state index contributed by atoms with van der Waals surface area (Å²) in [6.07, 6.45) is 0.812. The highest BCUT2D eigenvalue weighted by molar-refractivity contribution is 5.96. The minimum atomic E-state index is -0.501. The van der Waals surface area contributed by atoms with Crippen molar-refractivity contribution in [3.63, 3.8) is 0 Å². The van der Waals surface area contributed by atoms with Gasteiger partial charge in [-0.15, -0.1) is 0 Å². The van der Waals surface area contributed by atoms with E-state index in [1.807, 2.05) is 27.7 Å². The fourth-order valence-electron chi connectivity index (χ4n) is 2.06. The van der Waals surface area contributed by atoms with Crippen LogP contribution in [0.15, 0.2) is 12.1 Å². The quantitative estimate of drug-likeness (QED) is 0.459. The zero-order valence-corrected chi connectivity index (χ0v) is 15.8. The molecule has 0 aliphatic heterocycles. The number of nitrogens with one attached hydrogen (secondary N) is 2. The third-order valence-corrected chi connectivity index (χ3v) is 3.07. The highest BCUT2D eigenvalue weighted by Crippen LogP contribution is 2.39. The van der Waals surface area contributed by atoms with Crippen LogP contribution in [-0.4, -0.2) is 44.8 Å². The molecule has 0 saturated carbocycles. The molecule has 0 spiro atoms. The van der Waals surface area contributed by atoms with Gasteiger partial charge in [0.2, 0.25) is 5.75 Å². The number of carbonyl (C=O) groups excluding carboxylic acids is 2. The average molecular weight is 368 g/mol. The number of amides is 2. The summed E-state index contributed by atoms with van der Waals surface area (Å²) in [5.74, 6) is 0.322. The van der Waals surface area contributed by atoms with E-state index in [1.165, 1.54) is 0 Å². The van der Waals surface area contributed by atoms with Crippen LogP contribution >= 0.6 is 0 Å². The van der Waals surface area contributed by atoms with Crippen LogP contribution in [-0.2, 0) is 9.53 Å². The van der Waals surface area contributed by atoms with Gasteiger partial charge < -0.3 is 18.9 Å². The van der Waals surface area contributed by atoms with Gasteiger partial charge in [-0.1, -0.05) is 6.92 Å². The number of benzene rings is 1. The molecule has 0 atom stereocenters. The molecule has 0 aliphatic rings. The summed E-state index contributed by atoms with van der Waals surface area (Å²) in [5.41, 5.74) is 4.92. The molecule has 0 fully saturated rings. The first-order valence-corrected chi connectivity index (χ1v) is 8.80. The first kappa shape index (κ1) is 21.6. The number of carbonyl (C=O) groups is 2. The van der Waals surface area contributed by atoms with E-state index in [2.05, 4.69) is 10.9 Å². The Morgan fingerprint density at radius 3 is 1.96 bits per heavy atom.